The first-order chi connectivity index (χ1) is 8.58. The second-order valence-corrected chi connectivity index (χ2v) is 4.83. The van der Waals surface area contributed by atoms with Crippen molar-refractivity contribution in [3.8, 4) is 0 Å². The minimum Gasteiger partial charge on any atom is -0.392 e. The Morgan fingerprint density at radius 2 is 1.94 bits per heavy atom. The van der Waals surface area contributed by atoms with Crippen LogP contribution >= 0.6 is 0 Å². The first-order valence-electron chi connectivity index (χ1n) is 6.31. The van der Waals surface area contributed by atoms with E-state index in [1.165, 1.54) is 0 Å². The van der Waals surface area contributed by atoms with E-state index >= 15 is 0 Å². The molecule has 0 aliphatic carbocycles. The van der Waals surface area contributed by atoms with E-state index in [-0.39, 0.29) is 12.5 Å². The predicted octanol–water partition coefficient (Wildman–Crippen LogP) is 1.62. The Hall–Kier alpha value is -1.39. The van der Waals surface area contributed by atoms with Crippen molar-refractivity contribution >= 4 is 11.6 Å². The van der Waals surface area contributed by atoms with Gasteiger partial charge in [0, 0.05) is 12.2 Å². The Kier molecular flexibility index (Phi) is 6.39. The van der Waals surface area contributed by atoms with Gasteiger partial charge in [0.2, 0.25) is 5.91 Å². The van der Waals surface area contributed by atoms with E-state index in [1.807, 2.05) is 30.3 Å². The van der Waals surface area contributed by atoms with Gasteiger partial charge in [-0.15, -0.1) is 0 Å². The van der Waals surface area contributed by atoms with Crippen molar-refractivity contribution in [2.45, 2.75) is 26.4 Å². The van der Waals surface area contributed by atoms with Gasteiger partial charge in [-0.2, -0.15) is 0 Å². The third-order valence-corrected chi connectivity index (χ3v) is 2.47. The molecule has 4 nitrogen and oxygen atoms in total. The summed E-state index contributed by atoms with van der Waals surface area (Å²) in [4.78, 5) is 11.6. The Balaban J connectivity index is 2.18. The quantitative estimate of drug-likeness (QED) is 0.689. The summed E-state index contributed by atoms with van der Waals surface area (Å²) in [5.74, 6) is 0.359. The molecular formula is C14H22N2O2. The highest BCUT2D eigenvalue weighted by atomic mass is 16.3. The molecule has 100 valence electrons. The number of aliphatic hydroxyl groups excluding tert-OH is 1. The van der Waals surface area contributed by atoms with Crippen molar-refractivity contribution in [1.29, 1.82) is 0 Å². The number of hydrogen-bond donors (Lipinski definition) is 3. The molecule has 1 amide bonds. The molecule has 1 atom stereocenters. The van der Waals surface area contributed by atoms with Gasteiger partial charge < -0.3 is 15.7 Å². The van der Waals surface area contributed by atoms with Crippen LogP contribution in [0.3, 0.4) is 0 Å². The van der Waals surface area contributed by atoms with Gasteiger partial charge in [-0.3, -0.25) is 4.79 Å². The van der Waals surface area contributed by atoms with Crippen LogP contribution in [0.25, 0.3) is 0 Å². The average molecular weight is 250 g/mol. The maximum Gasteiger partial charge on any atom is 0.238 e. The molecule has 1 unspecified atom stereocenters. The number of carbonyl (C=O) groups excluding carboxylic acids is 1. The monoisotopic (exact) mass is 250 g/mol. The predicted molar refractivity (Wildman–Crippen MR) is 73.4 cm³/mol. The highest BCUT2D eigenvalue weighted by molar-refractivity contribution is 5.92. The van der Waals surface area contributed by atoms with E-state index in [1.54, 1.807) is 0 Å². The molecule has 0 bridgehead atoms. The Morgan fingerprint density at radius 3 is 2.56 bits per heavy atom. The molecule has 0 saturated heterocycles. The fourth-order valence-electron chi connectivity index (χ4n) is 1.71. The number of hydrogen-bond acceptors (Lipinski definition) is 3. The molecule has 0 aromatic heterocycles. The molecule has 0 aliphatic heterocycles. The molecule has 18 heavy (non-hydrogen) atoms. The second-order valence-electron chi connectivity index (χ2n) is 4.83. The zero-order valence-corrected chi connectivity index (χ0v) is 11.0. The number of amides is 1. The van der Waals surface area contributed by atoms with Crippen LogP contribution in [0.15, 0.2) is 30.3 Å². The average Bonchev–Trinajstić information content (AvgIpc) is 2.29. The summed E-state index contributed by atoms with van der Waals surface area (Å²) in [6.07, 6.45) is 0.349. The standard InChI is InChI=1S/C14H22N2O2/c1-11(2)8-13(17)9-15-10-14(18)16-12-6-4-3-5-7-12/h3-7,11,13,15,17H,8-10H2,1-2H3,(H,16,18). The zero-order chi connectivity index (χ0) is 13.4. The van der Waals surface area contributed by atoms with E-state index in [2.05, 4.69) is 24.5 Å². The van der Waals surface area contributed by atoms with Gasteiger partial charge in [0.05, 0.1) is 12.6 Å². The molecule has 0 fully saturated rings. The molecular weight excluding hydrogens is 228 g/mol. The van der Waals surface area contributed by atoms with Crippen LogP contribution in [0.4, 0.5) is 5.69 Å². The van der Waals surface area contributed by atoms with E-state index < -0.39 is 6.10 Å². The summed E-state index contributed by atoms with van der Waals surface area (Å²) in [6.45, 7) is 4.78. The molecule has 0 heterocycles. The highest BCUT2D eigenvalue weighted by Crippen LogP contribution is 2.04. The summed E-state index contributed by atoms with van der Waals surface area (Å²) in [7, 11) is 0. The van der Waals surface area contributed by atoms with Gasteiger partial charge in [0.1, 0.15) is 0 Å². The fourth-order valence-corrected chi connectivity index (χ4v) is 1.71. The van der Waals surface area contributed by atoms with Gasteiger partial charge in [-0.25, -0.2) is 0 Å². The molecule has 1 rings (SSSR count). The summed E-state index contributed by atoms with van der Waals surface area (Å²) < 4.78 is 0. The van der Waals surface area contributed by atoms with Crippen LogP contribution in [-0.4, -0.2) is 30.2 Å². The lowest BCUT2D eigenvalue weighted by Gasteiger charge is -2.13. The van der Waals surface area contributed by atoms with Crippen molar-refractivity contribution in [2.24, 2.45) is 5.92 Å². The van der Waals surface area contributed by atoms with Gasteiger partial charge in [-0.05, 0) is 24.5 Å². The van der Waals surface area contributed by atoms with Gasteiger partial charge in [0.25, 0.3) is 0 Å². The molecule has 1 aromatic carbocycles. The number of anilines is 1. The Labute approximate surface area is 108 Å². The lowest BCUT2D eigenvalue weighted by molar-refractivity contribution is -0.115. The Bertz CT molecular complexity index is 352. The Morgan fingerprint density at radius 1 is 1.28 bits per heavy atom. The van der Waals surface area contributed by atoms with E-state index in [9.17, 15) is 9.90 Å². The van der Waals surface area contributed by atoms with Gasteiger partial charge >= 0.3 is 0 Å². The molecule has 0 radical (unpaired) electrons. The zero-order valence-electron chi connectivity index (χ0n) is 11.0. The first kappa shape index (κ1) is 14.7. The van der Waals surface area contributed by atoms with E-state index in [0.29, 0.717) is 12.5 Å². The van der Waals surface area contributed by atoms with E-state index in [0.717, 1.165) is 12.1 Å². The van der Waals surface area contributed by atoms with Crippen LogP contribution in [0.5, 0.6) is 0 Å². The molecule has 1 aromatic rings. The fraction of sp³-hybridized carbons (Fsp3) is 0.500. The highest BCUT2D eigenvalue weighted by Gasteiger charge is 2.07. The summed E-state index contributed by atoms with van der Waals surface area (Å²) >= 11 is 0. The number of aliphatic hydroxyl groups is 1. The third kappa shape index (κ3) is 6.37. The van der Waals surface area contributed by atoms with Crippen molar-refractivity contribution in [1.82, 2.24) is 5.32 Å². The SMILES string of the molecule is CC(C)CC(O)CNCC(=O)Nc1ccccc1. The lowest BCUT2D eigenvalue weighted by Crippen LogP contribution is -2.34. The van der Waals surface area contributed by atoms with Gasteiger partial charge in [0.15, 0.2) is 0 Å². The maximum absolute atomic E-state index is 11.6. The van der Waals surface area contributed by atoms with Crippen LogP contribution in [-0.2, 0) is 4.79 Å². The topological polar surface area (TPSA) is 61.4 Å². The van der Waals surface area contributed by atoms with Crippen LogP contribution in [0, 0.1) is 5.92 Å². The minimum atomic E-state index is -0.394. The molecule has 3 N–H and O–H groups in total. The van der Waals surface area contributed by atoms with E-state index in [4.69, 9.17) is 0 Å². The first-order valence-corrected chi connectivity index (χ1v) is 6.31. The van der Waals surface area contributed by atoms with Crippen LogP contribution < -0.4 is 10.6 Å². The van der Waals surface area contributed by atoms with Crippen LogP contribution in [0.1, 0.15) is 20.3 Å². The molecule has 0 spiro atoms. The van der Waals surface area contributed by atoms with Crippen molar-refractivity contribution < 1.29 is 9.90 Å². The second kappa shape index (κ2) is 7.84. The number of rotatable bonds is 7. The lowest BCUT2D eigenvalue weighted by atomic mass is 10.1. The largest absolute Gasteiger partial charge is 0.392 e. The summed E-state index contributed by atoms with van der Waals surface area (Å²) in [5, 5.41) is 15.3. The number of nitrogens with one attached hydrogen (secondary N) is 2. The smallest absolute Gasteiger partial charge is 0.238 e. The molecule has 0 saturated carbocycles. The normalized spacial score (nSPS) is 12.4. The van der Waals surface area contributed by atoms with Crippen molar-refractivity contribution in [2.75, 3.05) is 18.4 Å². The minimum absolute atomic E-state index is 0.0991. The molecule has 0 aliphatic rings. The summed E-state index contributed by atoms with van der Waals surface area (Å²) in [6, 6.07) is 9.32. The van der Waals surface area contributed by atoms with Crippen molar-refractivity contribution in [3.63, 3.8) is 0 Å². The van der Waals surface area contributed by atoms with Crippen LogP contribution in [0.2, 0.25) is 0 Å². The summed E-state index contributed by atoms with van der Waals surface area (Å²) in [5.41, 5.74) is 0.784. The van der Waals surface area contributed by atoms with Crippen molar-refractivity contribution in [3.05, 3.63) is 30.3 Å². The van der Waals surface area contributed by atoms with Gasteiger partial charge in [-0.1, -0.05) is 32.0 Å². The third-order valence-electron chi connectivity index (χ3n) is 2.47. The number of benzene rings is 1. The molecule has 4 heteroatoms. The number of carbonyl (C=O) groups is 1. The number of para-hydroxylation sites is 1. The maximum atomic E-state index is 11.6.